The van der Waals surface area contributed by atoms with Gasteiger partial charge in [0.25, 0.3) is 0 Å². The van der Waals surface area contributed by atoms with E-state index in [1.54, 1.807) is 18.5 Å². The van der Waals surface area contributed by atoms with E-state index in [1.807, 2.05) is 6.07 Å². The molecule has 0 bridgehead atoms. The number of anilines is 2. The highest BCUT2D eigenvalue weighted by atomic mass is 16.1. The van der Waals surface area contributed by atoms with Gasteiger partial charge in [0.2, 0.25) is 0 Å². The lowest BCUT2D eigenvalue weighted by Crippen LogP contribution is -2.27. The Bertz CT molecular complexity index is 950. The van der Waals surface area contributed by atoms with Gasteiger partial charge in [-0.1, -0.05) is 6.42 Å². The van der Waals surface area contributed by atoms with Crippen LogP contribution in [0.5, 0.6) is 0 Å². The van der Waals surface area contributed by atoms with Crippen LogP contribution in [0.15, 0.2) is 41.7 Å². The fourth-order valence-corrected chi connectivity index (χ4v) is 2.17. The fraction of sp³-hybridized carbons (Fsp3) is 0.235. The molecule has 0 saturated heterocycles. The summed E-state index contributed by atoms with van der Waals surface area (Å²) in [6.07, 6.45) is 9.84. The zero-order valence-corrected chi connectivity index (χ0v) is 13.9. The van der Waals surface area contributed by atoms with Gasteiger partial charge in [-0.05, 0) is 12.8 Å². The van der Waals surface area contributed by atoms with E-state index in [4.69, 9.17) is 11.0 Å². The van der Waals surface area contributed by atoms with Crippen molar-refractivity contribution in [2.75, 3.05) is 5.32 Å². The van der Waals surface area contributed by atoms with Gasteiger partial charge in [0.15, 0.2) is 16.9 Å². The summed E-state index contributed by atoms with van der Waals surface area (Å²) >= 11 is 0. The Hall–Kier alpha value is -3.51. The van der Waals surface area contributed by atoms with Crippen molar-refractivity contribution in [3.8, 4) is 17.3 Å². The molecule has 26 heavy (non-hydrogen) atoms. The molecule has 1 saturated carbocycles. The lowest BCUT2D eigenvalue weighted by molar-refractivity contribution is 0.418. The van der Waals surface area contributed by atoms with Crippen LogP contribution in [0.3, 0.4) is 0 Å². The molecule has 132 valence electrons. The van der Waals surface area contributed by atoms with Crippen LogP contribution in [0, 0.1) is 11.3 Å². The van der Waals surface area contributed by atoms with E-state index in [2.05, 4.69) is 30.5 Å². The molecular formula is C17H18N8O. The van der Waals surface area contributed by atoms with E-state index >= 15 is 0 Å². The molecule has 0 radical (unpaired) electrons. The molecule has 3 aromatic heterocycles. The largest absolute Gasteiger partial charge is 0.367 e. The SMILES string of the molecule is N#Cc1cnc(Nc2cc(-c3c[nH]ccc3=O)[nH]n2)cn1.NC1CCC1. The number of hydrogen-bond acceptors (Lipinski definition) is 7. The third-order valence-corrected chi connectivity index (χ3v) is 3.86. The first kappa shape index (κ1) is 17.3. The van der Waals surface area contributed by atoms with Crippen LogP contribution in [0.2, 0.25) is 0 Å². The number of pyridine rings is 1. The number of aromatic nitrogens is 5. The van der Waals surface area contributed by atoms with Crippen molar-refractivity contribution in [2.24, 2.45) is 5.73 Å². The Morgan fingerprint density at radius 3 is 2.65 bits per heavy atom. The van der Waals surface area contributed by atoms with Crippen molar-refractivity contribution < 1.29 is 0 Å². The van der Waals surface area contributed by atoms with Crippen LogP contribution in [-0.4, -0.2) is 31.2 Å². The molecule has 0 amide bonds. The minimum absolute atomic E-state index is 0.109. The Morgan fingerprint density at radius 2 is 2.08 bits per heavy atom. The van der Waals surface area contributed by atoms with Crippen LogP contribution >= 0.6 is 0 Å². The number of aromatic amines is 2. The van der Waals surface area contributed by atoms with E-state index in [-0.39, 0.29) is 11.1 Å². The average Bonchev–Trinajstić information content (AvgIpc) is 3.10. The van der Waals surface area contributed by atoms with Crippen LogP contribution in [0.25, 0.3) is 11.3 Å². The Kier molecular flexibility index (Phi) is 5.36. The molecule has 1 fully saturated rings. The second-order valence-electron chi connectivity index (χ2n) is 5.80. The lowest BCUT2D eigenvalue weighted by Gasteiger charge is -2.18. The minimum Gasteiger partial charge on any atom is -0.367 e. The summed E-state index contributed by atoms with van der Waals surface area (Å²) in [5.74, 6) is 0.946. The zero-order chi connectivity index (χ0) is 18.4. The van der Waals surface area contributed by atoms with Crippen molar-refractivity contribution in [1.29, 1.82) is 5.26 Å². The van der Waals surface area contributed by atoms with Gasteiger partial charge in [0.05, 0.1) is 23.7 Å². The van der Waals surface area contributed by atoms with Gasteiger partial charge in [0.1, 0.15) is 11.9 Å². The summed E-state index contributed by atoms with van der Waals surface area (Å²) in [4.78, 5) is 22.5. The lowest BCUT2D eigenvalue weighted by atomic mass is 9.95. The Morgan fingerprint density at radius 1 is 1.27 bits per heavy atom. The van der Waals surface area contributed by atoms with Crippen LogP contribution in [-0.2, 0) is 0 Å². The van der Waals surface area contributed by atoms with Gasteiger partial charge in [0, 0.05) is 30.6 Å². The smallest absolute Gasteiger partial charge is 0.190 e. The number of hydrogen-bond donors (Lipinski definition) is 4. The summed E-state index contributed by atoms with van der Waals surface area (Å²) in [7, 11) is 0. The maximum atomic E-state index is 11.7. The number of nitrogens with one attached hydrogen (secondary N) is 3. The Balaban J connectivity index is 0.000000339. The number of H-pyrrole nitrogens is 2. The average molecular weight is 350 g/mol. The molecule has 3 heterocycles. The zero-order valence-electron chi connectivity index (χ0n) is 13.9. The van der Waals surface area contributed by atoms with E-state index in [9.17, 15) is 4.79 Å². The van der Waals surface area contributed by atoms with Crippen molar-refractivity contribution >= 4 is 11.6 Å². The first-order valence-corrected chi connectivity index (χ1v) is 8.13. The number of nitrogens with two attached hydrogens (primary N) is 1. The second kappa shape index (κ2) is 8.04. The quantitative estimate of drug-likeness (QED) is 0.561. The van der Waals surface area contributed by atoms with E-state index < -0.39 is 0 Å². The summed E-state index contributed by atoms with van der Waals surface area (Å²) in [6.45, 7) is 0. The number of nitrogens with zero attached hydrogens (tertiary/aromatic N) is 4. The Labute approximate surface area is 149 Å². The molecule has 0 aliphatic heterocycles. The molecule has 9 nitrogen and oxygen atoms in total. The van der Waals surface area contributed by atoms with Gasteiger partial charge in [-0.3, -0.25) is 9.89 Å². The van der Waals surface area contributed by atoms with Gasteiger partial charge < -0.3 is 16.0 Å². The number of rotatable bonds is 3. The highest BCUT2D eigenvalue weighted by Gasteiger charge is 2.10. The molecule has 3 aromatic rings. The first-order valence-electron chi connectivity index (χ1n) is 8.13. The molecular weight excluding hydrogens is 332 g/mol. The van der Waals surface area contributed by atoms with Crippen molar-refractivity contribution in [3.63, 3.8) is 0 Å². The third-order valence-electron chi connectivity index (χ3n) is 3.86. The van der Waals surface area contributed by atoms with Gasteiger partial charge in [-0.2, -0.15) is 10.4 Å². The first-order chi connectivity index (χ1) is 12.7. The number of nitriles is 1. The van der Waals surface area contributed by atoms with Gasteiger partial charge in [-0.15, -0.1) is 0 Å². The second-order valence-corrected chi connectivity index (χ2v) is 5.80. The topological polar surface area (TPSA) is 149 Å². The minimum atomic E-state index is -0.109. The van der Waals surface area contributed by atoms with E-state index in [0.717, 1.165) is 0 Å². The summed E-state index contributed by atoms with van der Waals surface area (Å²) in [6, 6.07) is 5.58. The van der Waals surface area contributed by atoms with Crippen molar-refractivity contribution in [2.45, 2.75) is 25.3 Å². The fourth-order valence-electron chi connectivity index (χ4n) is 2.17. The normalized spacial score (nSPS) is 13.1. The highest BCUT2D eigenvalue weighted by Crippen LogP contribution is 2.18. The summed E-state index contributed by atoms with van der Waals surface area (Å²) in [5, 5.41) is 18.4. The maximum absolute atomic E-state index is 11.7. The summed E-state index contributed by atoms with van der Waals surface area (Å²) in [5.41, 5.74) is 6.58. The molecule has 5 N–H and O–H groups in total. The van der Waals surface area contributed by atoms with Crippen molar-refractivity contribution in [3.05, 3.63) is 52.8 Å². The maximum Gasteiger partial charge on any atom is 0.190 e. The van der Waals surface area contributed by atoms with Crippen LogP contribution in [0.4, 0.5) is 11.6 Å². The molecule has 0 aromatic carbocycles. The highest BCUT2D eigenvalue weighted by molar-refractivity contribution is 5.63. The standard InChI is InChI=1S/C13H9N7O.C4H9N/c14-4-8-5-17-13(7-16-8)18-12-3-10(19-20-12)9-6-15-2-1-11(9)21;5-4-2-1-3-4/h1-3,5-7H,(H,15,21)(H2,17,18,19,20);4H,1-3,5H2. The molecule has 4 rings (SSSR count). The molecule has 9 heteroatoms. The third kappa shape index (κ3) is 4.31. The van der Waals surface area contributed by atoms with Crippen molar-refractivity contribution in [1.82, 2.24) is 25.1 Å². The van der Waals surface area contributed by atoms with E-state index in [1.165, 1.54) is 37.7 Å². The van der Waals surface area contributed by atoms with Gasteiger partial charge in [-0.25, -0.2) is 9.97 Å². The van der Waals surface area contributed by atoms with E-state index in [0.29, 0.717) is 28.9 Å². The molecule has 0 unspecified atom stereocenters. The molecule has 1 aliphatic rings. The molecule has 0 atom stereocenters. The van der Waals surface area contributed by atoms with Crippen LogP contribution in [0.1, 0.15) is 25.0 Å². The molecule has 0 spiro atoms. The predicted octanol–water partition coefficient (Wildman–Crippen LogP) is 1.67. The monoisotopic (exact) mass is 350 g/mol. The molecule has 1 aliphatic carbocycles. The summed E-state index contributed by atoms with van der Waals surface area (Å²) < 4.78 is 0. The van der Waals surface area contributed by atoms with Gasteiger partial charge >= 0.3 is 0 Å². The predicted molar refractivity (Wildman–Crippen MR) is 96.5 cm³/mol. The van der Waals surface area contributed by atoms with Crippen LogP contribution < -0.4 is 16.5 Å².